The molecule has 1 fully saturated rings. The van der Waals surface area contributed by atoms with Crippen LogP contribution in [0.15, 0.2) is 24.4 Å². The number of hydrogen-bond acceptors (Lipinski definition) is 4. The van der Waals surface area contributed by atoms with Crippen LogP contribution in [0.2, 0.25) is 0 Å². The molecule has 26 heavy (non-hydrogen) atoms. The summed E-state index contributed by atoms with van der Waals surface area (Å²) in [5, 5.41) is 0. The first-order chi connectivity index (χ1) is 12.6. The van der Waals surface area contributed by atoms with Gasteiger partial charge in [0, 0.05) is 39.5 Å². The predicted molar refractivity (Wildman–Crippen MR) is 102 cm³/mol. The maximum atomic E-state index is 13.0. The van der Waals surface area contributed by atoms with Gasteiger partial charge in [0.25, 0.3) is 5.91 Å². The summed E-state index contributed by atoms with van der Waals surface area (Å²) in [6.07, 6.45) is 6.61. The number of amides is 1. The lowest BCUT2D eigenvalue weighted by atomic mass is 10.2. The van der Waals surface area contributed by atoms with Crippen molar-refractivity contribution in [1.82, 2.24) is 19.2 Å². The van der Waals surface area contributed by atoms with Gasteiger partial charge in [-0.25, -0.2) is 4.98 Å². The van der Waals surface area contributed by atoms with Gasteiger partial charge in [-0.15, -0.1) is 0 Å². The molecule has 0 saturated carbocycles. The number of ether oxygens (including phenoxy) is 1. The van der Waals surface area contributed by atoms with E-state index >= 15 is 0 Å². The summed E-state index contributed by atoms with van der Waals surface area (Å²) in [7, 11) is 3.95. The van der Waals surface area contributed by atoms with Crippen LogP contribution in [-0.2, 0) is 11.3 Å². The largest absolute Gasteiger partial charge is 0.377 e. The van der Waals surface area contributed by atoms with Crippen molar-refractivity contribution in [3.05, 3.63) is 35.8 Å². The molecule has 0 radical (unpaired) electrons. The number of unbranched alkanes of at least 4 members (excludes halogenated alkanes) is 1. The molecule has 0 unspecified atom stereocenters. The minimum atomic E-state index is 0.00247. The van der Waals surface area contributed by atoms with Crippen LogP contribution in [0, 0.1) is 0 Å². The summed E-state index contributed by atoms with van der Waals surface area (Å²) in [5.74, 6) is 0.00247. The first-order valence-electron chi connectivity index (χ1n) is 9.61. The fourth-order valence-corrected chi connectivity index (χ4v) is 3.50. The molecule has 0 aromatic carbocycles. The molecule has 3 heterocycles. The molecule has 3 rings (SSSR count). The highest BCUT2D eigenvalue weighted by Crippen LogP contribution is 2.18. The molecule has 6 heteroatoms. The van der Waals surface area contributed by atoms with Crippen LogP contribution in [0.5, 0.6) is 0 Å². The van der Waals surface area contributed by atoms with Crippen molar-refractivity contribution in [1.29, 1.82) is 0 Å². The normalized spacial score (nSPS) is 17.3. The van der Waals surface area contributed by atoms with Crippen molar-refractivity contribution in [2.75, 3.05) is 33.8 Å². The molecule has 0 bridgehead atoms. The summed E-state index contributed by atoms with van der Waals surface area (Å²) in [5.41, 5.74) is 2.34. The summed E-state index contributed by atoms with van der Waals surface area (Å²) >= 11 is 0. The highest BCUT2D eigenvalue weighted by Gasteiger charge is 2.24. The second kappa shape index (κ2) is 8.64. The van der Waals surface area contributed by atoms with Crippen LogP contribution in [0.25, 0.3) is 5.65 Å². The van der Waals surface area contributed by atoms with Gasteiger partial charge in [-0.3, -0.25) is 9.69 Å². The van der Waals surface area contributed by atoms with Gasteiger partial charge >= 0.3 is 0 Å². The lowest BCUT2D eigenvalue weighted by Crippen LogP contribution is -2.32. The zero-order valence-electron chi connectivity index (χ0n) is 16.1. The molecule has 2 aromatic heterocycles. The fraction of sp³-hybridized carbons (Fsp3) is 0.600. The van der Waals surface area contributed by atoms with Crippen LogP contribution in [-0.4, -0.2) is 65.0 Å². The van der Waals surface area contributed by atoms with Gasteiger partial charge in [0.05, 0.1) is 11.8 Å². The van der Waals surface area contributed by atoms with Gasteiger partial charge in [-0.1, -0.05) is 19.4 Å². The number of rotatable bonds is 8. The van der Waals surface area contributed by atoms with Gasteiger partial charge in [-0.2, -0.15) is 0 Å². The van der Waals surface area contributed by atoms with Crippen LogP contribution < -0.4 is 0 Å². The lowest BCUT2D eigenvalue weighted by molar-refractivity contribution is 0.0766. The van der Waals surface area contributed by atoms with Gasteiger partial charge in [0.15, 0.2) is 5.69 Å². The van der Waals surface area contributed by atoms with Gasteiger partial charge in [0.2, 0.25) is 0 Å². The zero-order chi connectivity index (χ0) is 18.5. The van der Waals surface area contributed by atoms with Crippen molar-refractivity contribution in [2.45, 2.75) is 45.3 Å². The zero-order valence-corrected chi connectivity index (χ0v) is 16.1. The third-order valence-electron chi connectivity index (χ3n) is 4.98. The molecule has 0 N–H and O–H groups in total. The van der Waals surface area contributed by atoms with Crippen molar-refractivity contribution < 1.29 is 9.53 Å². The number of carbonyl (C=O) groups excluding carboxylic acids is 1. The van der Waals surface area contributed by atoms with Gasteiger partial charge in [0.1, 0.15) is 5.65 Å². The Labute approximate surface area is 155 Å². The number of likely N-dealkylation sites (N-methyl/N-ethyl adjacent to an activating group) is 1. The molecule has 1 saturated heterocycles. The molecular formula is C20H30N4O2. The smallest absolute Gasteiger partial charge is 0.274 e. The van der Waals surface area contributed by atoms with Gasteiger partial charge in [-0.05, 0) is 38.4 Å². The fourth-order valence-electron chi connectivity index (χ4n) is 3.50. The number of nitrogens with zero attached hydrogens (tertiary/aromatic N) is 4. The van der Waals surface area contributed by atoms with E-state index in [0.29, 0.717) is 18.3 Å². The highest BCUT2D eigenvalue weighted by molar-refractivity contribution is 5.94. The minimum absolute atomic E-state index is 0.00247. The minimum Gasteiger partial charge on any atom is -0.377 e. The average Bonchev–Trinajstić information content (AvgIpc) is 3.27. The number of hydrogen-bond donors (Lipinski definition) is 0. The third kappa shape index (κ3) is 4.24. The second-order valence-electron chi connectivity index (χ2n) is 7.25. The Balaban J connectivity index is 1.83. The van der Waals surface area contributed by atoms with Crippen LogP contribution >= 0.6 is 0 Å². The molecule has 142 valence electrons. The van der Waals surface area contributed by atoms with E-state index in [2.05, 4.69) is 23.9 Å². The molecule has 1 aliphatic heterocycles. The van der Waals surface area contributed by atoms with E-state index in [1.165, 1.54) is 0 Å². The molecule has 1 atom stereocenters. The van der Waals surface area contributed by atoms with Gasteiger partial charge < -0.3 is 14.0 Å². The lowest BCUT2D eigenvalue weighted by Gasteiger charge is -2.21. The molecule has 1 aliphatic rings. The monoisotopic (exact) mass is 358 g/mol. The van der Waals surface area contributed by atoms with Crippen LogP contribution in [0.4, 0.5) is 0 Å². The van der Waals surface area contributed by atoms with Crippen LogP contribution in [0.3, 0.4) is 0 Å². The summed E-state index contributed by atoms with van der Waals surface area (Å²) < 4.78 is 7.79. The molecule has 1 amide bonds. The summed E-state index contributed by atoms with van der Waals surface area (Å²) in [6.45, 7) is 5.30. The van der Waals surface area contributed by atoms with E-state index in [1.807, 2.05) is 35.8 Å². The summed E-state index contributed by atoms with van der Waals surface area (Å²) in [4.78, 5) is 21.6. The van der Waals surface area contributed by atoms with E-state index in [0.717, 1.165) is 56.7 Å². The Bertz CT molecular complexity index is 736. The van der Waals surface area contributed by atoms with E-state index in [-0.39, 0.29) is 5.91 Å². The molecule has 0 spiro atoms. The first-order valence-corrected chi connectivity index (χ1v) is 9.61. The Morgan fingerprint density at radius 1 is 1.38 bits per heavy atom. The van der Waals surface area contributed by atoms with Crippen LogP contribution in [0.1, 0.15) is 48.8 Å². The Hall–Kier alpha value is -1.92. The maximum Gasteiger partial charge on any atom is 0.274 e. The Morgan fingerprint density at radius 3 is 2.96 bits per heavy atom. The average molecular weight is 358 g/mol. The molecule has 0 aliphatic carbocycles. The number of aromatic nitrogens is 2. The molecular weight excluding hydrogens is 328 g/mol. The quantitative estimate of drug-likeness (QED) is 0.728. The first kappa shape index (κ1) is 18.9. The molecule has 2 aromatic rings. The number of carbonyl (C=O) groups is 1. The van der Waals surface area contributed by atoms with E-state index < -0.39 is 0 Å². The Morgan fingerprint density at radius 2 is 2.23 bits per heavy atom. The van der Waals surface area contributed by atoms with E-state index in [9.17, 15) is 4.79 Å². The van der Waals surface area contributed by atoms with Crippen molar-refractivity contribution >= 4 is 11.6 Å². The van der Waals surface area contributed by atoms with Crippen molar-refractivity contribution in [3.63, 3.8) is 0 Å². The third-order valence-corrected chi connectivity index (χ3v) is 4.98. The highest BCUT2D eigenvalue weighted by atomic mass is 16.5. The molecule has 6 nitrogen and oxygen atoms in total. The Kier molecular flexibility index (Phi) is 6.27. The predicted octanol–water partition coefficient (Wildman–Crippen LogP) is 2.82. The topological polar surface area (TPSA) is 50.1 Å². The summed E-state index contributed by atoms with van der Waals surface area (Å²) in [6, 6.07) is 5.89. The van der Waals surface area contributed by atoms with Crippen molar-refractivity contribution in [2.24, 2.45) is 0 Å². The second-order valence-corrected chi connectivity index (χ2v) is 7.25. The van der Waals surface area contributed by atoms with E-state index in [1.54, 1.807) is 4.90 Å². The number of fused-ring (bicyclic) bond motifs is 1. The number of imidazole rings is 1. The maximum absolute atomic E-state index is 13.0. The standard InChI is InChI=1S/C20H30N4O2/c1-4-5-11-23(3)20(25)19-17(24-12-7-6-10-18(24)21-19)15-22(2)14-16-9-8-13-26-16/h6-7,10,12,16H,4-5,8-9,11,13-15H2,1-3H3/t16-/m1/s1. The van der Waals surface area contributed by atoms with E-state index in [4.69, 9.17) is 4.74 Å². The SMILES string of the molecule is CCCCN(C)C(=O)c1nc2ccccn2c1CN(C)C[C@H]1CCCO1. The van der Waals surface area contributed by atoms with Crippen molar-refractivity contribution in [3.8, 4) is 0 Å². The number of pyridine rings is 1.